The number of morpholine rings is 1. The number of nitrogens with zero attached hydrogens (tertiary/aromatic N) is 4. The van der Waals surface area contributed by atoms with E-state index in [9.17, 15) is 14.4 Å². The number of piperazine rings is 2. The monoisotopic (exact) mass is 352 g/mol. The van der Waals surface area contributed by atoms with Crippen LogP contribution >= 0.6 is 0 Å². The van der Waals surface area contributed by atoms with Crippen LogP contribution in [-0.2, 0) is 19.1 Å². The Kier molecular flexibility index (Phi) is 4.28. The normalized spacial score (nSPS) is 32.8. The van der Waals surface area contributed by atoms with Crippen LogP contribution in [0.1, 0.15) is 6.42 Å². The zero-order valence-electron chi connectivity index (χ0n) is 14.4. The Morgan fingerprint density at radius 3 is 2.40 bits per heavy atom. The van der Waals surface area contributed by atoms with Gasteiger partial charge in [-0.05, 0) is 0 Å². The summed E-state index contributed by atoms with van der Waals surface area (Å²) < 4.78 is 10.6. The summed E-state index contributed by atoms with van der Waals surface area (Å²) in [5, 5.41) is 0. The summed E-state index contributed by atoms with van der Waals surface area (Å²) in [7, 11) is 1.61. The molecule has 25 heavy (non-hydrogen) atoms. The molecule has 4 heterocycles. The number of ether oxygens (including phenoxy) is 2. The predicted octanol–water partition coefficient (Wildman–Crippen LogP) is -1.42. The van der Waals surface area contributed by atoms with Crippen molar-refractivity contribution in [3.05, 3.63) is 0 Å². The van der Waals surface area contributed by atoms with Crippen molar-refractivity contribution in [3.63, 3.8) is 0 Å². The molecular formula is C16H24N4O5. The minimum Gasteiger partial charge on any atom is -0.380 e. The van der Waals surface area contributed by atoms with Crippen LogP contribution in [0.25, 0.3) is 0 Å². The van der Waals surface area contributed by atoms with E-state index in [1.165, 1.54) is 0 Å². The predicted molar refractivity (Wildman–Crippen MR) is 85.8 cm³/mol. The van der Waals surface area contributed by atoms with Crippen LogP contribution in [0, 0.1) is 0 Å². The highest BCUT2D eigenvalue weighted by Crippen LogP contribution is 2.30. The molecule has 0 radical (unpaired) electrons. The third-order valence-corrected chi connectivity index (χ3v) is 5.66. The van der Waals surface area contributed by atoms with Crippen molar-refractivity contribution in [2.45, 2.75) is 24.6 Å². The number of rotatable bonds is 1. The molecular weight excluding hydrogens is 328 g/mol. The van der Waals surface area contributed by atoms with Crippen molar-refractivity contribution in [2.24, 2.45) is 0 Å². The quantitative estimate of drug-likeness (QED) is 0.579. The van der Waals surface area contributed by atoms with Crippen LogP contribution < -0.4 is 0 Å². The maximum Gasteiger partial charge on any atom is 0.320 e. The van der Waals surface area contributed by atoms with Crippen molar-refractivity contribution in [3.8, 4) is 0 Å². The lowest BCUT2D eigenvalue weighted by Gasteiger charge is -2.48. The fourth-order valence-electron chi connectivity index (χ4n) is 4.22. The standard InChI is InChI=1S/C16H24N4O5/c1-24-11-8-12-14(21)19-3-2-18(10-13(19)15(22)20(12)9-11)16(23)17-4-6-25-7-5-17/h11-13H,2-10H2,1H3. The van der Waals surface area contributed by atoms with Gasteiger partial charge in [-0.2, -0.15) is 0 Å². The fraction of sp³-hybridized carbons (Fsp3) is 0.812. The third-order valence-electron chi connectivity index (χ3n) is 5.66. The van der Waals surface area contributed by atoms with Gasteiger partial charge in [0, 0.05) is 46.3 Å². The van der Waals surface area contributed by atoms with E-state index in [1.54, 1.807) is 26.7 Å². The van der Waals surface area contributed by atoms with Crippen molar-refractivity contribution in [2.75, 3.05) is 59.6 Å². The molecule has 9 nitrogen and oxygen atoms in total. The number of carbonyl (C=O) groups excluding carboxylic acids is 3. The van der Waals surface area contributed by atoms with Crippen molar-refractivity contribution < 1.29 is 23.9 Å². The molecule has 138 valence electrons. The highest BCUT2D eigenvalue weighted by Gasteiger charge is 2.52. The highest BCUT2D eigenvalue weighted by atomic mass is 16.5. The fourth-order valence-corrected chi connectivity index (χ4v) is 4.22. The lowest BCUT2D eigenvalue weighted by atomic mass is 10.0. The van der Waals surface area contributed by atoms with Gasteiger partial charge in [0.1, 0.15) is 12.1 Å². The lowest BCUT2D eigenvalue weighted by molar-refractivity contribution is -0.162. The first kappa shape index (κ1) is 16.6. The minimum atomic E-state index is -0.571. The second kappa shape index (κ2) is 6.45. The molecule has 0 aromatic rings. The third kappa shape index (κ3) is 2.75. The molecule has 0 N–H and O–H groups in total. The van der Waals surface area contributed by atoms with E-state index in [0.717, 1.165) is 0 Å². The van der Waals surface area contributed by atoms with Gasteiger partial charge in [-0.15, -0.1) is 0 Å². The van der Waals surface area contributed by atoms with E-state index in [0.29, 0.717) is 52.4 Å². The molecule has 4 rings (SSSR count). The van der Waals surface area contributed by atoms with Gasteiger partial charge in [-0.3, -0.25) is 9.59 Å². The first-order chi connectivity index (χ1) is 12.1. The van der Waals surface area contributed by atoms with Crippen LogP contribution in [0.3, 0.4) is 0 Å². The van der Waals surface area contributed by atoms with Crippen LogP contribution in [-0.4, -0.2) is 115 Å². The molecule has 4 aliphatic rings. The molecule has 4 aliphatic heterocycles. The molecule has 0 spiro atoms. The largest absolute Gasteiger partial charge is 0.380 e. The second-order valence-corrected chi connectivity index (χ2v) is 6.98. The van der Waals surface area contributed by atoms with Crippen LogP contribution in [0.15, 0.2) is 0 Å². The number of hydrogen-bond donors (Lipinski definition) is 0. The summed E-state index contributed by atoms with van der Waals surface area (Å²) in [6.45, 7) is 3.82. The van der Waals surface area contributed by atoms with E-state index >= 15 is 0 Å². The Morgan fingerprint density at radius 1 is 0.960 bits per heavy atom. The zero-order valence-corrected chi connectivity index (χ0v) is 14.4. The summed E-state index contributed by atoms with van der Waals surface area (Å²) in [6, 6.07) is -1.05. The molecule has 0 saturated carbocycles. The topological polar surface area (TPSA) is 82.6 Å². The SMILES string of the molecule is COC1CC2C(=O)N3CCN(C(=O)N4CCOCC4)CC3C(=O)N2C1. The van der Waals surface area contributed by atoms with E-state index < -0.39 is 12.1 Å². The molecule has 4 fully saturated rings. The number of hydrogen-bond acceptors (Lipinski definition) is 5. The van der Waals surface area contributed by atoms with Gasteiger partial charge in [-0.1, -0.05) is 0 Å². The van der Waals surface area contributed by atoms with Gasteiger partial charge in [-0.25, -0.2) is 4.79 Å². The number of methoxy groups -OCH3 is 1. The van der Waals surface area contributed by atoms with Crippen molar-refractivity contribution in [1.29, 1.82) is 0 Å². The molecule has 4 saturated heterocycles. The maximum atomic E-state index is 12.9. The molecule has 9 heteroatoms. The molecule has 0 aromatic carbocycles. The molecule has 0 aromatic heterocycles. The average molecular weight is 352 g/mol. The van der Waals surface area contributed by atoms with Crippen molar-refractivity contribution in [1.82, 2.24) is 19.6 Å². The first-order valence-electron chi connectivity index (χ1n) is 8.85. The van der Waals surface area contributed by atoms with E-state index in [1.807, 2.05) is 0 Å². The zero-order chi connectivity index (χ0) is 17.6. The Hall–Kier alpha value is -1.87. The summed E-state index contributed by atoms with van der Waals surface area (Å²) >= 11 is 0. The lowest BCUT2D eigenvalue weighted by Crippen LogP contribution is -2.70. The van der Waals surface area contributed by atoms with E-state index in [-0.39, 0.29) is 30.5 Å². The highest BCUT2D eigenvalue weighted by molar-refractivity contribution is 5.98. The molecule has 3 unspecified atom stereocenters. The van der Waals surface area contributed by atoms with Crippen LogP contribution in [0.5, 0.6) is 0 Å². The summed E-state index contributed by atoms with van der Waals surface area (Å²) in [5.74, 6) is -0.0775. The Labute approximate surface area is 146 Å². The molecule has 4 amide bonds. The molecule has 3 atom stereocenters. The van der Waals surface area contributed by atoms with Gasteiger partial charge in [0.05, 0.1) is 25.9 Å². The van der Waals surface area contributed by atoms with Gasteiger partial charge in [0.2, 0.25) is 11.8 Å². The number of carbonyl (C=O) groups is 3. The Balaban J connectivity index is 1.47. The average Bonchev–Trinajstić information content (AvgIpc) is 3.11. The molecule has 0 aliphatic carbocycles. The maximum absolute atomic E-state index is 12.9. The van der Waals surface area contributed by atoms with Gasteiger partial charge >= 0.3 is 6.03 Å². The van der Waals surface area contributed by atoms with Crippen LogP contribution in [0.2, 0.25) is 0 Å². The summed E-state index contributed by atoms with van der Waals surface area (Å²) in [5.41, 5.74) is 0. The van der Waals surface area contributed by atoms with Crippen LogP contribution in [0.4, 0.5) is 4.79 Å². The number of fused-ring (bicyclic) bond motifs is 2. The Bertz CT molecular complexity index is 579. The minimum absolute atomic E-state index is 0.0115. The summed E-state index contributed by atoms with van der Waals surface area (Å²) in [6.07, 6.45) is 0.464. The Morgan fingerprint density at radius 2 is 1.68 bits per heavy atom. The van der Waals surface area contributed by atoms with E-state index in [4.69, 9.17) is 9.47 Å². The van der Waals surface area contributed by atoms with Gasteiger partial charge < -0.3 is 29.1 Å². The van der Waals surface area contributed by atoms with Gasteiger partial charge in [0.15, 0.2) is 0 Å². The smallest absolute Gasteiger partial charge is 0.320 e. The summed E-state index contributed by atoms with van der Waals surface area (Å²) in [4.78, 5) is 45.1. The van der Waals surface area contributed by atoms with Crippen molar-refractivity contribution >= 4 is 17.8 Å². The second-order valence-electron chi connectivity index (χ2n) is 6.98. The first-order valence-corrected chi connectivity index (χ1v) is 8.85. The number of amides is 4. The molecule has 0 bridgehead atoms. The number of urea groups is 1. The van der Waals surface area contributed by atoms with E-state index in [2.05, 4.69) is 0 Å². The van der Waals surface area contributed by atoms with Gasteiger partial charge in [0.25, 0.3) is 0 Å².